The predicted octanol–water partition coefficient (Wildman–Crippen LogP) is 0.108. The monoisotopic (exact) mass is 416 g/mol. The van der Waals surface area contributed by atoms with Crippen molar-refractivity contribution < 1.29 is 36.7 Å². The Hall–Kier alpha value is -2.69. The van der Waals surface area contributed by atoms with Gasteiger partial charge in [-0.15, -0.1) is 0 Å². The first-order chi connectivity index (χ1) is 13.1. The van der Waals surface area contributed by atoms with Gasteiger partial charge in [-0.3, -0.25) is 20.4 Å². The lowest BCUT2D eigenvalue weighted by Gasteiger charge is -2.14. The number of ether oxygens (including phenoxy) is 2. The summed E-state index contributed by atoms with van der Waals surface area (Å²) < 4.78 is 45.5. The zero-order chi connectivity index (χ0) is 20.7. The van der Waals surface area contributed by atoms with Crippen molar-refractivity contribution in [1.29, 1.82) is 0 Å². The third-order valence-corrected chi connectivity index (χ3v) is 5.78. The maximum Gasteiger partial charge on any atom is 0.347 e. The van der Waals surface area contributed by atoms with Crippen LogP contribution in [0.2, 0.25) is 0 Å². The van der Waals surface area contributed by atoms with Gasteiger partial charge < -0.3 is 9.47 Å². The van der Waals surface area contributed by atoms with Crippen LogP contribution in [0.5, 0.6) is 5.75 Å². The summed E-state index contributed by atoms with van der Waals surface area (Å²) in [7, 11) is -3.08. The van der Waals surface area contributed by atoms with Gasteiger partial charge in [0.05, 0.1) is 11.5 Å². The number of hydrogen-bond donors (Lipinski definition) is 2. The SMILES string of the molecule is C[C@@H](Oc1ccc(F)cc1)C(=O)OCC(=O)NNC(=O)C[C@@H]1CCS(=O)(=O)C1. The molecule has 154 valence electrons. The maximum absolute atomic E-state index is 12.8. The maximum atomic E-state index is 12.8. The number of benzene rings is 1. The average Bonchev–Trinajstić information content (AvgIpc) is 2.98. The molecule has 0 unspecified atom stereocenters. The van der Waals surface area contributed by atoms with Crippen molar-refractivity contribution in [3.63, 3.8) is 0 Å². The van der Waals surface area contributed by atoms with E-state index >= 15 is 0 Å². The Balaban J connectivity index is 1.65. The molecule has 1 saturated heterocycles. The van der Waals surface area contributed by atoms with E-state index in [1.54, 1.807) is 0 Å². The van der Waals surface area contributed by atoms with E-state index in [0.717, 1.165) is 0 Å². The topological polar surface area (TPSA) is 128 Å². The molecule has 1 aliphatic heterocycles. The molecule has 11 heteroatoms. The largest absolute Gasteiger partial charge is 0.479 e. The van der Waals surface area contributed by atoms with Gasteiger partial charge in [0.15, 0.2) is 22.5 Å². The van der Waals surface area contributed by atoms with Gasteiger partial charge in [0.25, 0.3) is 5.91 Å². The second-order valence-electron chi connectivity index (χ2n) is 6.39. The van der Waals surface area contributed by atoms with Gasteiger partial charge >= 0.3 is 5.97 Å². The smallest absolute Gasteiger partial charge is 0.347 e. The molecule has 2 rings (SSSR count). The minimum atomic E-state index is -3.08. The Labute approximate surface area is 161 Å². The number of carbonyl (C=O) groups excluding carboxylic acids is 3. The lowest BCUT2D eigenvalue weighted by Crippen LogP contribution is -2.44. The number of amides is 2. The number of rotatable bonds is 7. The van der Waals surface area contributed by atoms with Crippen molar-refractivity contribution in [2.75, 3.05) is 18.1 Å². The van der Waals surface area contributed by atoms with Gasteiger partial charge in [0.1, 0.15) is 11.6 Å². The molecule has 2 N–H and O–H groups in total. The van der Waals surface area contributed by atoms with Crippen LogP contribution in [0.15, 0.2) is 24.3 Å². The summed E-state index contributed by atoms with van der Waals surface area (Å²) in [6.07, 6.45) is -0.646. The third kappa shape index (κ3) is 7.14. The Bertz CT molecular complexity index is 826. The molecule has 0 aliphatic carbocycles. The minimum absolute atomic E-state index is 0.0260. The number of carbonyl (C=O) groups is 3. The molecule has 2 atom stereocenters. The van der Waals surface area contributed by atoms with Crippen LogP contribution in [-0.2, 0) is 29.0 Å². The summed E-state index contributed by atoms with van der Waals surface area (Å²) >= 11 is 0. The molecular formula is C17H21FN2O7S. The van der Waals surface area contributed by atoms with Crippen molar-refractivity contribution in [3.8, 4) is 5.75 Å². The summed E-state index contributed by atoms with van der Waals surface area (Å²) in [5.74, 6) is -2.56. The van der Waals surface area contributed by atoms with Crippen molar-refractivity contribution in [3.05, 3.63) is 30.1 Å². The number of halogens is 1. The summed E-state index contributed by atoms with van der Waals surface area (Å²) in [6.45, 7) is 0.759. The average molecular weight is 416 g/mol. The number of esters is 1. The lowest BCUT2D eigenvalue weighted by atomic mass is 10.1. The van der Waals surface area contributed by atoms with Crippen LogP contribution >= 0.6 is 0 Å². The highest BCUT2D eigenvalue weighted by molar-refractivity contribution is 7.91. The molecule has 28 heavy (non-hydrogen) atoms. The van der Waals surface area contributed by atoms with E-state index in [4.69, 9.17) is 9.47 Å². The highest BCUT2D eigenvalue weighted by atomic mass is 32.2. The first-order valence-electron chi connectivity index (χ1n) is 8.51. The Kier molecular flexibility index (Phi) is 7.32. The fourth-order valence-corrected chi connectivity index (χ4v) is 4.40. The van der Waals surface area contributed by atoms with Crippen molar-refractivity contribution in [2.24, 2.45) is 5.92 Å². The fourth-order valence-electron chi connectivity index (χ4n) is 2.54. The summed E-state index contributed by atoms with van der Waals surface area (Å²) in [4.78, 5) is 35.1. The van der Waals surface area contributed by atoms with Gasteiger partial charge in [-0.05, 0) is 43.5 Å². The molecule has 1 aromatic carbocycles. The number of sulfone groups is 1. The molecule has 0 saturated carbocycles. The summed E-state index contributed by atoms with van der Waals surface area (Å²) in [6, 6.07) is 5.03. The van der Waals surface area contributed by atoms with Crippen molar-refractivity contribution in [2.45, 2.75) is 25.9 Å². The molecule has 9 nitrogen and oxygen atoms in total. The predicted molar refractivity (Wildman–Crippen MR) is 95.1 cm³/mol. The molecule has 0 radical (unpaired) electrons. The van der Waals surface area contributed by atoms with Crippen molar-refractivity contribution in [1.82, 2.24) is 10.9 Å². The second-order valence-corrected chi connectivity index (χ2v) is 8.62. The molecule has 1 aromatic rings. The quantitative estimate of drug-likeness (QED) is 0.477. The third-order valence-electron chi connectivity index (χ3n) is 3.95. The van der Waals surface area contributed by atoms with Gasteiger partial charge in [-0.25, -0.2) is 17.6 Å². The number of nitrogens with one attached hydrogen (secondary N) is 2. The zero-order valence-corrected chi connectivity index (χ0v) is 16.0. The van der Waals surface area contributed by atoms with Crippen LogP contribution in [0.1, 0.15) is 19.8 Å². The van der Waals surface area contributed by atoms with Gasteiger partial charge in [-0.2, -0.15) is 0 Å². The highest BCUT2D eigenvalue weighted by Crippen LogP contribution is 2.21. The van der Waals surface area contributed by atoms with E-state index < -0.39 is 46.1 Å². The Morgan fingerprint density at radius 1 is 1.18 bits per heavy atom. The standard InChI is InChI=1S/C17H21FN2O7S/c1-11(27-14-4-2-13(18)3-5-14)17(23)26-9-16(22)20-19-15(21)8-12-6-7-28(24,25)10-12/h2-5,11-12H,6-10H2,1H3,(H,19,21)(H,20,22)/t11-,12+/m1/s1. The van der Waals surface area contributed by atoms with Gasteiger partial charge in [0.2, 0.25) is 5.91 Å². The fraction of sp³-hybridized carbons (Fsp3) is 0.471. The molecule has 0 bridgehead atoms. The molecule has 2 amide bonds. The number of hydrogen-bond acceptors (Lipinski definition) is 7. The molecule has 1 heterocycles. The first-order valence-corrected chi connectivity index (χ1v) is 10.3. The molecular weight excluding hydrogens is 395 g/mol. The van der Waals surface area contributed by atoms with Crippen LogP contribution in [-0.4, -0.2) is 50.4 Å². The normalized spacial score (nSPS) is 18.7. The molecule has 0 aromatic heterocycles. The van der Waals surface area contributed by atoms with E-state index in [-0.39, 0.29) is 29.6 Å². The van der Waals surface area contributed by atoms with Gasteiger partial charge in [0, 0.05) is 6.42 Å². The molecule has 0 spiro atoms. The first kappa shape index (κ1) is 21.6. The van der Waals surface area contributed by atoms with E-state index in [9.17, 15) is 27.2 Å². The lowest BCUT2D eigenvalue weighted by molar-refractivity contribution is -0.155. The second kappa shape index (κ2) is 9.49. The minimum Gasteiger partial charge on any atom is -0.479 e. The van der Waals surface area contributed by atoms with Crippen LogP contribution in [0.3, 0.4) is 0 Å². The Morgan fingerprint density at radius 3 is 2.43 bits per heavy atom. The van der Waals surface area contributed by atoms with Crippen LogP contribution in [0.25, 0.3) is 0 Å². The zero-order valence-electron chi connectivity index (χ0n) is 15.1. The number of hydrazine groups is 1. The van der Waals surface area contributed by atoms with E-state index in [1.807, 2.05) is 0 Å². The van der Waals surface area contributed by atoms with Crippen LogP contribution in [0, 0.1) is 11.7 Å². The van der Waals surface area contributed by atoms with E-state index in [2.05, 4.69) is 10.9 Å². The van der Waals surface area contributed by atoms with Crippen molar-refractivity contribution >= 4 is 27.6 Å². The highest BCUT2D eigenvalue weighted by Gasteiger charge is 2.29. The summed E-state index contributed by atoms with van der Waals surface area (Å²) in [5.41, 5.74) is 4.22. The van der Waals surface area contributed by atoms with Gasteiger partial charge in [-0.1, -0.05) is 0 Å². The molecule has 1 fully saturated rings. The molecule has 1 aliphatic rings. The Morgan fingerprint density at radius 2 is 1.82 bits per heavy atom. The van der Waals surface area contributed by atoms with Crippen LogP contribution in [0.4, 0.5) is 4.39 Å². The van der Waals surface area contributed by atoms with E-state index in [0.29, 0.717) is 6.42 Å². The van der Waals surface area contributed by atoms with E-state index in [1.165, 1.54) is 31.2 Å². The summed E-state index contributed by atoms with van der Waals surface area (Å²) in [5, 5.41) is 0. The van der Waals surface area contributed by atoms with Crippen LogP contribution < -0.4 is 15.6 Å².